The first kappa shape index (κ1) is 9.60. The quantitative estimate of drug-likeness (QED) is 0.377. The van der Waals surface area contributed by atoms with E-state index in [9.17, 15) is 9.18 Å². The van der Waals surface area contributed by atoms with Crippen molar-refractivity contribution in [3.63, 3.8) is 0 Å². The number of nitrogens with two attached hydrogens (primary N) is 1. The average Bonchev–Trinajstić information content (AvgIpc) is 2.10. The second-order valence-corrected chi connectivity index (χ2v) is 2.66. The smallest absolute Gasteiger partial charge is 0.267 e. The molecular weight excluding hydrogens is 173 g/mol. The van der Waals surface area contributed by atoms with E-state index in [0.717, 1.165) is 6.07 Å². The molecule has 0 saturated carbocycles. The van der Waals surface area contributed by atoms with Crippen LogP contribution in [0.3, 0.4) is 0 Å². The van der Waals surface area contributed by atoms with Crippen molar-refractivity contribution in [2.45, 2.75) is 13.8 Å². The van der Waals surface area contributed by atoms with Gasteiger partial charge in [-0.05, 0) is 19.9 Å². The first-order valence-corrected chi connectivity index (χ1v) is 3.71. The summed E-state index contributed by atoms with van der Waals surface area (Å²) in [5, 5.41) is 0. The fourth-order valence-corrected chi connectivity index (χ4v) is 1.01. The van der Waals surface area contributed by atoms with Gasteiger partial charge in [0.2, 0.25) is 0 Å². The number of carbonyl (C=O) groups is 1. The number of hydrazine groups is 1. The molecule has 1 aromatic rings. The van der Waals surface area contributed by atoms with E-state index in [1.54, 1.807) is 6.92 Å². The van der Waals surface area contributed by atoms with Crippen LogP contribution in [-0.4, -0.2) is 10.9 Å². The molecule has 70 valence electrons. The third-order valence-corrected chi connectivity index (χ3v) is 1.72. The number of rotatable bonds is 1. The molecule has 3 N–H and O–H groups in total. The van der Waals surface area contributed by atoms with Crippen LogP contribution >= 0.6 is 0 Å². The molecule has 0 bridgehead atoms. The third-order valence-electron chi connectivity index (χ3n) is 1.72. The highest BCUT2D eigenvalue weighted by Crippen LogP contribution is 2.10. The largest absolute Gasteiger partial charge is 0.290 e. The van der Waals surface area contributed by atoms with E-state index in [0.29, 0.717) is 5.69 Å². The van der Waals surface area contributed by atoms with Gasteiger partial charge >= 0.3 is 0 Å². The molecule has 4 nitrogen and oxygen atoms in total. The van der Waals surface area contributed by atoms with Crippen LogP contribution in [-0.2, 0) is 0 Å². The van der Waals surface area contributed by atoms with Gasteiger partial charge in [0.25, 0.3) is 5.91 Å². The first-order valence-electron chi connectivity index (χ1n) is 3.71. The average molecular weight is 183 g/mol. The molecule has 1 heterocycles. The number of nitrogen functional groups attached to an aromatic ring is 1. The van der Waals surface area contributed by atoms with E-state index in [1.807, 2.05) is 5.43 Å². The first-order chi connectivity index (χ1) is 6.06. The van der Waals surface area contributed by atoms with Gasteiger partial charge in [0.1, 0.15) is 5.82 Å². The van der Waals surface area contributed by atoms with E-state index in [4.69, 9.17) is 5.84 Å². The summed E-state index contributed by atoms with van der Waals surface area (Å²) in [4.78, 5) is 14.9. The molecule has 0 radical (unpaired) electrons. The lowest BCUT2D eigenvalue weighted by Crippen LogP contribution is -2.31. The molecule has 0 atom stereocenters. The Hall–Kier alpha value is -1.49. The lowest BCUT2D eigenvalue weighted by molar-refractivity contribution is 0.0952. The van der Waals surface area contributed by atoms with Gasteiger partial charge in [-0.25, -0.2) is 10.2 Å². The molecule has 0 unspecified atom stereocenters. The molecule has 13 heavy (non-hydrogen) atoms. The molecule has 0 aliphatic rings. The zero-order valence-electron chi connectivity index (χ0n) is 7.39. The second-order valence-electron chi connectivity index (χ2n) is 2.66. The summed E-state index contributed by atoms with van der Waals surface area (Å²) in [6.45, 7) is 3.16. The van der Waals surface area contributed by atoms with Crippen molar-refractivity contribution in [3.05, 3.63) is 28.8 Å². The van der Waals surface area contributed by atoms with Crippen molar-refractivity contribution in [2.24, 2.45) is 5.84 Å². The van der Waals surface area contributed by atoms with Gasteiger partial charge in [0, 0.05) is 0 Å². The number of hydrogen-bond acceptors (Lipinski definition) is 3. The monoisotopic (exact) mass is 183 g/mol. The highest BCUT2D eigenvalue weighted by molar-refractivity contribution is 5.94. The van der Waals surface area contributed by atoms with Crippen molar-refractivity contribution in [2.75, 3.05) is 0 Å². The summed E-state index contributed by atoms with van der Waals surface area (Å²) in [7, 11) is 0. The standard InChI is InChI=1S/C8H10FN3O/c1-4-6(8(13)12-10)3-7(9)5(2)11-4/h3H,10H2,1-2H3,(H,12,13). The highest BCUT2D eigenvalue weighted by atomic mass is 19.1. The number of carbonyl (C=O) groups excluding carboxylic acids is 1. The molecule has 5 heteroatoms. The molecule has 0 spiro atoms. The number of halogens is 1. The van der Waals surface area contributed by atoms with Crippen molar-refractivity contribution >= 4 is 5.91 Å². The van der Waals surface area contributed by atoms with Gasteiger partial charge in [0.05, 0.1) is 17.0 Å². The summed E-state index contributed by atoms with van der Waals surface area (Å²) in [6.07, 6.45) is 0. The second kappa shape index (κ2) is 3.49. The Morgan fingerprint density at radius 3 is 2.69 bits per heavy atom. The Morgan fingerprint density at radius 1 is 1.54 bits per heavy atom. The van der Waals surface area contributed by atoms with Crippen molar-refractivity contribution < 1.29 is 9.18 Å². The predicted octanol–water partition coefficient (Wildman–Crippen LogP) is 0.441. The number of nitrogens with zero attached hydrogens (tertiary/aromatic N) is 1. The predicted molar refractivity (Wildman–Crippen MR) is 45.3 cm³/mol. The molecule has 1 rings (SSSR count). The summed E-state index contributed by atoms with van der Waals surface area (Å²) in [5.74, 6) is 3.86. The fourth-order valence-electron chi connectivity index (χ4n) is 1.01. The summed E-state index contributed by atoms with van der Waals surface area (Å²) < 4.78 is 13.0. The summed E-state index contributed by atoms with van der Waals surface area (Å²) >= 11 is 0. The van der Waals surface area contributed by atoms with E-state index in [-0.39, 0.29) is 11.3 Å². The van der Waals surface area contributed by atoms with Crippen molar-refractivity contribution in [3.8, 4) is 0 Å². The Labute approximate surface area is 74.9 Å². The van der Waals surface area contributed by atoms with Crippen molar-refractivity contribution in [1.29, 1.82) is 0 Å². The number of aromatic nitrogens is 1. The van der Waals surface area contributed by atoms with Gasteiger partial charge in [-0.3, -0.25) is 15.2 Å². The van der Waals surface area contributed by atoms with E-state index >= 15 is 0 Å². The Balaban J connectivity index is 3.23. The SMILES string of the molecule is Cc1nc(C)c(C(=O)NN)cc1F. The molecule has 0 aliphatic heterocycles. The van der Waals surface area contributed by atoms with Gasteiger partial charge in [-0.15, -0.1) is 0 Å². The minimum atomic E-state index is -0.538. The molecule has 0 fully saturated rings. The van der Waals surface area contributed by atoms with Crippen LogP contribution in [0.25, 0.3) is 0 Å². The zero-order valence-corrected chi connectivity index (χ0v) is 7.39. The lowest BCUT2D eigenvalue weighted by atomic mass is 10.1. The van der Waals surface area contributed by atoms with Crippen LogP contribution in [0.4, 0.5) is 4.39 Å². The maximum atomic E-state index is 13.0. The maximum Gasteiger partial charge on any atom is 0.267 e. The number of amides is 1. The fraction of sp³-hybridized carbons (Fsp3) is 0.250. The van der Waals surface area contributed by atoms with Crippen molar-refractivity contribution in [1.82, 2.24) is 10.4 Å². The molecule has 0 aromatic carbocycles. The van der Waals surface area contributed by atoms with Gasteiger partial charge in [-0.1, -0.05) is 0 Å². The Bertz CT molecular complexity index is 351. The highest BCUT2D eigenvalue weighted by Gasteiger charge is 2.11. The molecule has 0 saturated heterocycles. The third kappa shape index (κ3) is 1.81. The minimum absolute atomic E-state index is 0.158. The van der Waals surface area contributed by atoms with Crippen LogP contribution < -0.4 is 11.3 Å². The minimum Gasteiger partial charge on any atom is -0.290 e. The summed E-state index contributed by atoms with van der Waals surface area (Å²) in [5.41, 5.74) is 2.81. The lowest BCUT2D eigenvalue weighted by Gasteiger charge is -2.04. The van der Waals surface area contributed by atoms with Crippen LogP contribution in [0, 0.1) is 19.7 Å². The van der Waals surface area contributed by atoms with Crippen LogP contribution in [0.5, 0.6) is 0 Å². The van der Waals surface area contributed by atoms with Gasteiger partial charge in [0.15, 0.2) is 0 Å². The Kier molecular flexibility index (Phi) is 2.57. The van der Waals surface area contributed by atoms with E-state index in [2.05, 4.69) is 4.98 Å². The molecular formula is C8H10FN3O. The number of hydrogen-bond donors (Lipinski definition) is 2. The Morgan fingerprint density at radius 2 is 2.15 bits per heavy atom. The molecule has 0 aliphatic carbocycles. The molecule has 1 amide bonds. The zero-order chi connectivity index (χ0) is 10.0. The number of nitrogens with one attached hydrogen (secondary N) is 1. The van der Waals surface area contributed by atoms with Gasteiger partial charge < -0.3 is 0 Å². The topological polar surface area (TPSA) is 68.0 Å². The van der Waals surface area contributed by atoms with E-state index < -0.39 is 11.7 Å². The molecule has 1 aromatic heterocycles. The normalized spacial score (nSPS) is 9.85. The number of pyridine rings is 1. The van der Waals surface area contributed by atoms with Crippen LogP contribution in [0.2, 0.25) is 0 Å². The van der Waals surface area contributed by atoms with Gasteiger partial charge in [-0.2, -0.15) is 0 Å². The maximum absolute atomic E-state index is 13.0. The van der Waals surface area contributed by atoms with E-state index in [1.165, 1.54) is 6.92 Å². The number of aryl methyl sites for hydroxylation is 2. The summed E-state index contributed by atoms with van der Waals surface area (Å²) in [6, 6.07) is 1.12. The van der Waals surface area contributed by atoms with Crippen LogP contribution in [0.15, 0.2) is 6.07 Å². The van der Waals surface area contributed by atoms with Crippen LogP contribution in [0.1, 0.15) is 21.7 Å².